The van der Waals surface area contributed by atoms with Gasteiger partial charge in [-0.1, -0.05) is 36.8 Å². The van der Waals surface area contributed by atoms with E-state index in [-0.39, 0.29) is 6.10 Å². The van der Waals surface area contributed by atoms with Crippen LogP contribution in [0.15, 0.2) is 30.3 Å². The molecule has 2 aliphatic carbocycles. The van der Waals surface area contributed by atoms with Crippen molar-refractivity contribution in [1.29, 1.82) is 0 Å². The summed E-state index contributed by atoms with van der Waals surface area (Å²) in [5, 5.41) is 9.86. The van der Waals surface area contributed by atoms with E-state index >= 15 is 0 Å². The second-order valence-electron chi connectivity index (χ2n) is 5.08. The van der Waals surface area contributed by atoms with E-state index in [0.29, 0.717) is 5.92 Å². The van der Waals surface area contributed by atoms with Gasteiger partial charge in [-0.15, -0.1) is 0 Å². The molecule has 0 aromatic heterocycles. The Hall–Kier alpha value is -0.820. The molecule has 1 N–H and O–H groups in total. The van der Waals surface area contributed by atoms with E-state index in [4.69, 9.17) is 0 Å². The van der Waals surface area contributed by atoms with Crippen molar-refractivity contribution in [3.63, 3.8) is 0 Å². The van der Waals surface area contributed by atoms with Gasteiger partial charge >= 0.3 is 0 Å². The molecule has 0 bridgehead atoms. The zero-order chi connectivity index (χ0) is 10.3. The molecule has 3 rings (SSSR count). The minimum absolute atomic E-state index is 0.0105. The van der Waals surface area contributed by atoms with E-state index in [1.807, 2.05) is 0 Å². The largest absolute Gasteiger partial charge is 0.393 e. The molecule has 1 nitrogen and oxygen atoms in total. The van der Waals surface area contributed by atoms with Crippen molar-refractivity contribution in [3.05, 3.63) is 35.9 Å². The van der Waals surface area contributed by atoms with Crippen LogP contribution in [0.2, 0.25) is 0 Å². The van der Waals surface area contributed by atoms with Crippen molar-refractivity contribution in [2.45, 2.75) is 37.7 Å². The monoisotopic (exact) mass is 202 g/mol. The van der Waals surface area contributed by atoms with Crippen molar-refractivity contribution in [3.8, 4) is 0 Å². The fourth-order valence-corrected chi connectivity index (χ4v) is 3.24. The number of aliphatic hydroxyl groups is 1. The fourth-order valence-electron chi connectivity index (χ4n) is 3.24. The smallest absolute Gasteiger partial charge is 0.0571 e. The first kappa shape index (κ1) is 9.41. The number of hydrogen-bond donors (Lipinski definition) is 1. The van der Waals surface area contributed by atoms with Gasteiger partial charge in [0.05, 0.1) is 6.10 Å². The molecule has 2 fully saturated rings. The van der Waals surface area contributed by atoms with Gasteiger partial charge in [-0.25, -0.2) is 0 Å². The van der Waals surface area contributed by atoms with E-state index in [2.05, 4.69) is 30.3 Å². The lowest BCUT2D eigenvalue weighted by Crippen LogP contribution is -2.15. The van der Waals surface area contributed by atoms with Crippen LogP contribution in [-0.4, -0.2) is 11.2 Å². The Morgan fingerprint density at radius 3 is 2.47 bits per heavy atom. The van der Waals surface area contributed by atoms with E-state index in [1.165, 1.54) is 24.8 Å². The molecule has 4 atom stereocenters. The van der Waals surface area contributed by atoms with Crippen molar-refractivity contribution < 1.29 is 5.11 Å². The van der Waals surface area contributed by atoms with Crippen LogP contribution >= 0.6 is 0 Å². The Balaban J connectivity index is 1.69. The third kappa shape index (κ3) is 1.69. The lowest BCUT2D eigenvalue weighted by Gasteiger charge is -2.13. The lowest BCUT2D eigenvalue weighted by molar-refractivity contribution is 0.120. The third-order valence-corrected chi connectivity index (χ3v) is 4.15. The summed E-state index contributed by atoms with van der Waals surface area (Å²) in [6, 6.07) is 10.8. The molecule has 0 heterocycles. The Labute approximate surface area is 91.1 Å². The maximum Gasteiger partial charge on any atom is 0.0571 e. The summed E-state index contributed by atoms with van der Waals surface area (Å²) in [6.45, 7) is 0. The fraction of sp³-hybridized carbons (Fsp3) is 0.571. The molecule has 0 radical (unpaired) electrons. The number of benzene rings is 1. The van der Waals surface area contributed by atoms with E-state index in [1.54, 1.807) is 0 Å². The molecule has 2 aliphatic rings. The molecule has 2 saturated carbocycles. The number of aliphatic hydroxyl groups excluding tert-OH is 1. The minimum atomic E-state index is -0.0105. The second-order valence-corrected chi connectivity index (χ2v) is 5.08. The molecule has 4 unspecified atom stereocenters. The van der Waals surface area contributed by atoms with Gasteiger partial charge in [0.2, 0.25) is 0 Å². The summed E-state index contributed by atoms with van der Waals surface area (Å²) in [5.41, 5.74) is 1.47. The minimum Gasteiger partial charge on any atom is -0.393 e. The average molecular weight is 202 g/mol. The predicted octanol–water partition coefficient (Wildman–Crippen LogP) is 2.95. The second kappa shape index (κ2) is 3.64. The molecule has 0 spiro atoms. The van der Waals surface area contributed by atoms with Gasteiger partial charge in [0.15, 0.2) is 0 Å². The van der Waals surface area contributed by atoms with E-state index in [0.717, 1.165) is 18.3 Å². The van der Waals surface area contributed by atoms with Crippen molar-refractivity contribution >= 4 is 0 Å². The molecular formula is C14H18O. The van der Waals surface area contributed by atoms with Crippen LogP contribution in [0.25, 0.3) is 0 Å². The van der Waals surface area contributed by atoms with Gasteiger partial charge in [-0.2, -0.15) is 0 Å². The van der Waals surface area contributed by atoms with Crippen LogP contribution in [-0.2, 0) is 0 Å². The van der Waals surface area contributed by atoms with Gasteiger partial charge in [0.1, 0.15) is 0 Å². The summed E-state index contributed by atoms with van der Waals surface area (Å²) in [5.74, 6) is 2.10. The quantitative estimate of drug-likeness (QED) is 0.781. The molecule has 0 saturated heterocycles. The summed E-state index contributed by atoms with van der Waals surface area (Å²) in [6.07, 6.45) is 4.79. The van der Waals surface area contributed by atoms with Crippen LogP contribution in [0.4, 0.5) is 0 Å². The predicted molar refractivity (Wildman–Crippen MR) is 60.6 cm³/mol. The SMILES string of the molecule is OC1CCCC1C1CC1c1ccccc1. The highest BCUT2D eigenvalue weighted by Gasteiger charge is 2.47. The molecule has 1 aromatic carbocycles. The first-order chi connectivity index (χ1) is 7.36. The van der Waals surface area contributed by atoms with Gasteiger partial charge in [-0.3, -0.25) is 0 Å². The van der Waals surface area contributed by atoms with Crippen LogP contribution in [0.5, 0.6) is 0 Å². The zero-order valence-corrected chi connectivity index (χ0v) is 8.97. The highest BCUT2D eigenvalue weighted by molar-refractivity contribution is 5.26. The van der Waals surface area contributed by atoms with Gasteiger partial charge in [0.25, 0.3) is 0 Å². The molecule has 0 amide bonds. The zero-order valence-electron chi connectivity index (χ0n) is 8.97. The summed E-state index contributed by atoms with van der Waals surface area (Å²) < 4.78 is 0. The van der Waals surface area contributed by atoms with Crippen molar-refractivity contribution in [2.75, 3.05) is 0 Å². The van der Waals surface area contributed by atoms with Gasteiger partial charge < -0.3 is 5.11 Å². The van der Waals surface area contributed by atoms with E-state index in [9.17, 15) is 5.11 Å². The highest BCUT2D eigenvalue weighted by Crippen LogP contribution is 2.55. The lowest BCUT2D eigenvalue weighted by atomic mass is 9.96. The van der Waals surface area contributed by atoms with Crippen molar-refractivity contribution in [1.82, 2.24) is 0 Å². The summed E-state index contributed by atoms with van der Waals surface area (Å²) >= 11 is 0. The summed E-state index contributed by atoms with van der Waals surface area (Å²) in [7, 11) is 0. The number of rotatable bonds is 2. The molecule has 1 aromatic rings. The molecule has 0 aliphatic heterocycles. The first-order valence-corrected chi connectivity index (χ1v) is 6.09. The topological polar surface area (TPSA) is 20.2 Å². The Bertz CT molecular complexity index is 332. The maximum atomic E-state index is 9.86. The van der Waals surface area contributed by atoms with Crippen LogP contribution in [0.3, 0.4) is 0 Å². The van der Waals surface area contributed by atoms with Crippen LogP contribution < -0.4 is 0 Å². The first-order valence-electron chi connectivity index (χ1n) is 6.09. The molecule has 80 valence electrons. The highest BCUT2D eigenvalue weighted by atomic mass is 16.3. The summed E-state index contributed by atoms with van der Waals surface area (Å²) in [4.78, 5) is 0. The Kier molecular flexibility index (Phi) is 2.28. The number of hydrogen-bond acceptors (Lipinski definition) is 1. The van der Waals surface area contributed by atoms with Gasteiger partial charge in [-0.05, 0) is 42.6 Å². The van der Waals surface area contributed by atoms with Crippen LogP contribution in [0, 0.1) is 11.8 Å². The Morgan fingerprint density at radius 2 is 1.80 bits per heavy atom. The van der Waals surface area contributed by atoms with Crippen molar-refractivity contribution in [2.24, 2.45) is 11.8 Å². The maximum absolute atomic E-state index is 9.86. The molecule has 15 heavy (non-hydrogen) atoms. The average Bonchev–Trinajstić information content (AvgIpc) is 2.96. The molecule has 1 heteroatoms. The van der Waals surface area contributed by atoms with Crippen LogP contribution in [0.1, 0.15) is 37.2 Å². The third-order valence-electron chi connectivity index (χ3n) is 4.15. The normalized spacial score (nSPS) is 39.3. The van der Waals surface area contributed by atoms with E-state index < -0.39 is 0 Å². The molecular weight excluding hydrogens is 184 g/mol. The standard InChI is InChI=1S/C14H18O/c15-14-8-4-7-11(14)13-9-12(13)10-5-2-1-3-6-10/h1-3,5-6,11-15H,4,7-9H2. The Morgan fingerprint density at radius 1 is 1.00 bits per heavy atom. The van der Waals surface area contributed by atoms with Gasteiger partial charge in [0, 0.05) is 0 Å².